The van der Waals surface area contributed by atoms with Crippen LogP contribution in [0.25, 0.3) is 11.6 Å². The maximum Gasteiger partial charge on any atom is 0.237 e. The van der Waals surface area contributed by atoms with Gasteiger partial charge in [0.1, 0.15) is 11.8 Å². The SMILES string of the molecule is COc1ccc(/C=C(/C#N)c2cc(OC)c(OC)c(OC)c2)cc1N.C[C@@H](O)[C@H](N)C(N)=O.Cl. The van der Waals surface area contributed by atoms with E-state index in [1.807, 2.05) is 6.07 Å². The molecular formula is C23H31ClN4O6. The van der Waals surface area contributed by atoms with E-state index in [0.29, 0.717) is 39.8 Å². The first-order valence-electron chi connectivity index (χ1n) is 9.72. The van der Waals surface area contributed by atoms with Gasteiger partial charge in [0, 0.05) is 0 Å². The van der Waals surface area contributed by atoms with Gasteiger partial charge in [0.15, 0.2) is 11.5 Å². The van der Waals surface area contributed by atoms with Crippen molar-refractivity contribution in [1.29, 1.82) is 5.26 Å². The van der Waals surface area contributed by atoms with Crippen LogP contribution in [0.2, 0.25) is 0 Å². The normalized spacial score (nSPS) is 12.0. The monoisotopic (exact) mass is 494 g/mol. The fraction of sp³-hybridized carbons (Fsp3) is 0.304. The van der Waals surface area contributed by atoms with Crippen LogP contribution >= 0.6 is 12.4 Å². The summed E-state index contributed by atoms with van der Waals surface area (Å²) in [5, 5.41) is 18.1. The van der Waals surface area contributed by atoms with Gasteiger partial charge >= 0.3 is 0 Å². The number of rotatable bonds is 8. The molecule has 0 fully saturated rings. The Morgan fingerprint density at radius 1 is 1.03 bits per heavy atom. The van der Waals surface area contributed by atoms with Crippen molar-refractivity contribution in [2.75, 3.05) is 34.2 Å². The van der Waals surface area contributed by atoms with Gasteiger partial charge in [-0.05, 0) is 48.4 Å². The van der Waals surface area contributed by atoms with Crippen molar-refractivity contribution in [3.63, 3.8) is 0 Å². The third-order valence-electron chi connectivity index (χ3n) is 4.51. The Kier molecular flexibility index (Phi) is 12.9. The molecule has 0 bridgehead atoms. The first kappa shape index (κ1) is 30.4. The van der Waals surface area contributed by atoms with Crippen LogP contribution in [0.1, 0.15) is 18.1 Å². The van der Waals surface area contributed by atoms with Crippen molar-refractivity contribution in [3.8, 4) is 29.1 Å². The smallest absolute Gasteiger partial charge is 0.237 e. The molecule has 7 N–H and O–H groups in total. The second-order valence-electron chi connectivity index (χ2n) is 6.75. The van der Waals surface area contributed by atoms with Crippen molar-refractivity contribution in [3.05, 3.63) is 41.5 Å². The number of primary amides is 1. The number of nitrogens with zero attached hydrogens (tertiary/aromatic N) is 1. The van der Waals surface area contributed by atoms with Gasteiger partial charge in [-0.15, -0.1) is 12.4 Å². The van der Waals surface area contributed by atoms with E-state index in [9.17, 15) is 10.1 Å². The van der Waals surface area contributed by atoms with E-state index >= 15 is 0 Å². The summed E-state index contributed by atoms with van der Waals surface area (Å²) in [4.78, 5) is 10.1. The van der Waals surface area contributed by atoms with Crippen LogP contribution in [0.3, 0.4) is 0 Å². The molecule has 0 aliphatic rings. The number of halogens is 1. The number of hydrogen-bond donors (Lipinski definition) is 4. The highest BCUT2D eigenvalue weighted by atomic mass is 35.5. The maximum absolute atomic E-state index is 10.1. The number of allylic oxidation sites excluding steroid dienone is 1. The molecule has 186 valence electrons. The van der Waals surface area contributed by atoms with E-state index in [1.165, 1.54) is 28.3 Å². The molecule has 0 heterocycles. The Morgan fingerprint density at radius 2 is 1.56 bits per heavy atom. The Morgan fingerprint density at radius 3 is 1.88 bits per heavy atom. The maximum atomic E-state index is 10.1. The number of anilines is 1. The molecule has 2 aromatic carbocycles. The van der Waals surface area contributed by atoms with Crippen molar-refractivity contribution in [1.82, 2.24) is 0 Å². The quantitative estimate of drug-likeness (QED) is 0.242. The largest absolute Gasteiger partial charge is 0.495 e. The molecule has 1 amide bonds. The van der Waals surface area contributed by atoms with Gasteiger partial charge in [-0.3, -0.25) is 4.79 Å². The van der Waals surface area contributed by atoms with E-state index in [1.54, 1.807) is 37.5 Å². The minimum Gasteiger partial charge on any atom is -0.495 e. The van der Waals surface area contributed by atoms with Crippen LogP contribution in [0, 0.1) is 11.3 Å². The molecule has 2 atom stereocenters. The molecule has 0 spiro atoms. The summed E-state index contributed by atoms with van der Waals surface area (Å²) in [7, 11) is 6.14. The van der Waals surface area contributed by atoms with Crippen LogP contribution in [-0.2, 0) is 4.79 Å². The van der Waals surface area contributed by atoms with Crippen molar-refractivity contribution >= 4 is 35.7 Å². The lowest BCUT2D eigenvalue weighted by Crippen LogP contribution is -2.44. The first-order chi connectivity index (χ1) is 15.6. The van der Waals surface area contributed by atoms with Gasteiger partial charge in [-0.25, -0.2) is 0 Å². The Hall–Kier alpha value is -3.65. The number of amides is 1. The van der Waals surface area contributed by atoms with Crippen LogP contribution in [0.4, 0.5) is 5.69 Å². The third-order valence-corrected chi connectivity index (χ3v) is 4.51. The molecular weight excluding hydrogens is 464 g/mol. The number of nitrogen functional groups attached to an aromatic ring is 1. The van der Waals surface area contributed by atoms with Gasteiger partial charge in [-0.1, -0.05) is 6.07 Å². The van der Waals surface area contributed by atoms with Gasteiger partial charge < -0.3 is 41.3 Å². The third kappa shape index (κ3) is 8.04. The zero-order valence-electron chi connectivity index (χ0n) is 19.7. The number of ether oxygens (including phenoxy) is 4. The Bertz CT molecular complexity index is 1010. The molecule has 2 aromatic rings. The van der Waals surface area contributed by atoms with Crippen LogP contribution < -0.4 is 36.1 Å². The molecule has 0 aliphatic carbocycles. The summed E-state index contributed by atoms with van der Waals surface area (Å²) in [5.74, 6) is 1.34. The first-order valence-corrected chi connectivity index (χ1v) is 9.72. The number of nitrogens with two attached hydrogens (primary N) is 3. The molecule has 2 rings (SSSR count). The number of aliphatic hydroxyl groups excluding tert-OH is 1. The van der Waals surface area contributed by atoms with Gasteiger partial charge in [0.2, 0.25) is 11.7 Å². The number of hydrogen-bond acceptors (Lipinski definition) is 9. The topological polar surface area (TPSA) is 176 Å². The fourth-order valence-electron chi connectivity index (χ4n) is 2.66. The fourth-order valence-corrected chi connectivity index (χ4v) is 2.66. The zero-order chi connectivity index (χ0) is 25.1. The van der Waals surface area contributed by atoms with Gasteiger partial charge in [0.25, 0.3) is 0 Å². The number of nitriles is 1. The molecule has 10 nitrogen and oxygen atoms in total. The van der Waals surface area contributed by atoms with Gasteiger partial charge in [-0.2, -0.15) is 5.26 Å². The summed E-state index contributed by atoms with van der Waals surface area (Å²) in [6.45, 7) is 1.41. The zero-order valence-corrected chi connectivity index (χ0v) is 20.5. The van der Waals surface area contributed by atoms with Crippen molar-refractivity contribution < 1.29 is 28.8 Å². The van der Waals surface area contributed by atoms with E-state index in [-0.39, 0.29) is 12.4 Å². The number of carbonyl (C=O) groups is 1. The lowest BCUT2D eigenvalue weighted by Gasteiger charge is -2.14. The summed E-state index contributed by atoms with van der Waals surface area (Å²) >= 11 is 0. The summed E-state index contributed by atoms with van der Waals surface area (Å²) < 4.78 is 21.1. The number of methoxy groups -OCH3 is 4. The number of aliphatic hydroxyl groups is 1. The molecule has 34 heavy (non-hydrogen) atoms. The van der Waals surface area contributed by atoms with Crippen LogP contribution in [0.5, 0.6) is 23.0 Å². The molecule has 0 saturated heterocycles. The summed E-state index contributed by atoms with van der Waals surface area (Å²) in [6.07, 6.45) is 0.878. The highest BCUT2D eigenvalue weighted by molar-refractivity contribution is 5.91. The van der Waals surface area contributed by atoms with E-state index in [2.05, 4.69) is 6.07 Å². The van der Waals surface area contributed by atoms with Crippen LogP contribution in [0.15, 0.2) is 30.3 Å². The van der Waals surface area contributed by atoms with Gasteiger partial charge in [0.05, 0.1) is 51.9 Å². The van der Waals surface area contributed by atoms with E-state index in [4.69, 9.17) is 41.3 Å². The second-order valence-corrected chi connectivity index (χ2v) is 6.75. The molecule has 0 unspecified atom stereocenters. The lowest BCUT2D eigenvalue weighted by molar-refractivity contribution is -0.121. The van der Waals surface area contributed by atoms with Crippen LogP contribution in [-0.4, -0.2) is 51.6 Å². The predicted molar refractivity (Wildman–Crippen MR) is 133 cm³/mol. The Labute approximate surface area is 205 Å². The predicted octanol–water partition coefficient (Wildman–Crippen LogP) is 1.97. The summed E-state index contributed by atoms with van der Waals surface area (Å²) in [5.41, 5.74) is 18.0. The molecule has 0 aromatic heterocycles. The van der Waals surface area contributed by atoms with Crippen molar-refractivity contribution in [2.45, 2.75) is 19.1 Å². The molecule has 11 heteroatoms. The number of carbonyl (C=O) groups excluding carboxylic acids is 1. The minimum absolute atomic E-state index is 0. The Balaban J connectivity index is 0.00000104. The molecule has 0 aliphatic heterocycles. The highest BCUT2D eigenvalue weighted by Crippen LogP contribution is 2.40. The lowest BCUT2D eigenvalue weighted by atomic mass is 10.0. The molecule has 0 saturated carbocycles. The van der Waals surface area contributed by atoms with E-state index in [0.717, 1.165) is 5.56 Å². The second kappa shape index (κ2) is 14.5. The van der Waals surface area contributed by atoms with E-state index < -0.39 is 18.1 Å². The molecule has 0 radical (unpaired) electrons. The average Bonchev–Trinajstić information content (AvgIpc) is 2.81. The minimum atomic E-state index is -0.935. The highest BCUT2D eigenvalue weighted by Gasteiger charge is 2.15. The standard InChI is InChI=1S/C19H20N2O4.C4H10N2O2.ClH/c1-22-16-6-5-12(8-15(16)21)7-14(11-20)13-9-17(23-2)19(25-4)18(10-13)24-3;1-2(7)3(5)4(6)8;/h5-10H,21H2,1-4H3;2-3,7H,5H2,1H3,(H2,6,8);1H/b14-7-;;/t;2-,3+;/m.1./s1. The number of benzene rings is 2. The summed E-state index contributed by atoms with van der Waals surface area (Å²) in [6, 6.07) is 10.0. The van der Waals surface area contributed by atoms with Crippen molar-refractivity contribution in [2.24, 2.45) is 11.5 Å². The average molecular weight is 495 g/mol.